The monoisotopic (exact) mass is 367 g/mol. The van der Waals surface area contributed by atoms with Gasteiger partial charge < -0.3 is 24.4 Å². The van der Waals surface area contributed by atoms with Crippen LogP contribution < -0.4 is 5.32 Å². The molecule has 1 saturated heterocycles. The molecule has 1 aliphatic heterocycles. The normalized spacial score (nSPS) is 15.6. The summed E-state index contributed by atoms with van der Waals surface area (Å²) >= 11 is 0. The van der Waals surface area contributed by atoms with Crippen molar-refractivity contribution in [3.05, 3.63) is 60.2 Å². The van der Waals surface area contributed by atoms with Crippen molar-refractivity contribution < 1.29 is 18.7 Å². The molecule has 0 aliphatic carbocycles. The zero-order valence-electron chi connectivity index (χ0n) is 14.8. The molecule has 0 unspecified atom stereocenters. The molecule has 2 N–H and O–H groups in total. The number of aromatic amines is 1. The Morgan fingerprint density at radius 1 is 1.15 bits per heavy atom. The van der Waals surface area contributed by atoms with Crippen LogP contribution >= 0.6 is 0 Å². The number of ether oxygens (including phenoxy) is 1. The van der Waals surface area contributed by atoms with Gasteiger partial charge in [0.05, 0.1) is 19.5 Å². The molecule has 7 heteroatoms. The second kappa shape index (κ2) is 7.67. The minimum absolute atomic E-state index is 0.108. The summed E-state index contributed by atoms with van der Waals surface area (Å²) in [6.45, 7) is 2.08. The number of hydrogen-bond acceptors (Lipinski definition) is 4. The van der Waals surface area contributed by atoms with Crippen LogP contribution in [0.1, 0.15) is 16.1 Å². The van der Waals surface area contributed by atoms with Gasteiger partial charge in [0, 0.05) is 36.6 Å². The molecule has 1 atom stereocenters. The number of aromatic nitrogens is 1. The molecule has 140 valence electrons. The number of benzene rings is 1. The van der Waals surface area contributed by atoms with E-state index in [1.807, 2.05) is 30.5 Å². The zero-order valence-corrected chi connectivity index (χ0v) is 14.8. The molecule has 0 saturated carbocycles. The predicted octanol–water partition coefficient (Wildman–Crippen LogP) is 1.96. The summed E-state index contributed by atoms with van der Waals surface area (Å²) in [6.07, 6.45) is 3.73. The van der Waals surface area contributed by atoms with Crippen molar-refractivity contribution in [2.24, 2.45) is 0 Å². The van der Waals surface area contributed by atoms with Gasteiger partial charge >= 0.3 is 0 Å². The molecule has 3 heterocycles. The summed E-state index contributed by atoms with van der Waals surface area (Å²) in [7, 11) is 0. The van der Waals surface area contributed by atoms with Gasteiger partial charge in [0.1, 0.15) is 6.04 Å². The van der Waals surface area contributed by atoms with Crippen LogP contribution in [0, 0.1) is 0 Å². The lowest BCUT2D eigenvalue weighted by molar-refractivity contribution is -0.137. The van der Waals surface area contributed by atoms with Gasteiger partial charge in [-0.2, -0.15) is 0 Å². The second-order valence-corrected chi connectivity index (χ2v) is 6.50. The lowest BCUT2D eigenvalue weighted by Gasteiger charge is -2.30. The van der Waals surface area contributed by atoms with Crippen molar-refractivity contribution in [1.29, 1.82) is 0 Å². The highest BCUT2D eigenvalue weighted by Gasteiger charge is 2.29. The maximum Gasteiger partial charge on any atom is 0.287 e. The number of nitrogens with zero attached hydrogens (tertiary/aromatic N) is 1. The number of nitrogens with one attached hydrogen (secondary N) is 2. The average molecular weight is 367 g/mol. The fourth-order valence-electron chi connectivity index (χ4n) is 3.36. The summed E-state index contributed by atoms with van der Waals surface area (Å²) < 4.78 is 10.5. The maximum absolute atomic E-state index is 13.1. The summed E-state index contributed by atoms with van der Waals surface area (Å²) in [4.78, 5) is 30.5. The third kappa shape index (κ3) is 3.73. The molecule has 2 amide bonds. The highest BCUT2D eigenvalue weighted by Crippen LogP contribution is 2.20. The van der Waals surface area contributed by atoms with Crippen LogP contribution in [-0.4, -0.2) is 54.0 Å². The second-order valence-electron chi connectivity index (χ2n) is 6.50. The Morgan fingerprint density at radius 2 is 1.96 bits per heavy atom. The van der Waals surface area contributed by atoms with Crippen molar-refractivity contribution in [1.82, 2.24) is 15.2 Å². The number of amides is 2. The summed E-state index contributed by atoms with van der Waals surface area (Å²) in [6, 6.07) is 10.5. The molecule has 0 radical (unpaired) electrons. The minimum atomic E-state index is -0.681. The Hall–Kier alpha value is -3.06. The third-order valence-corrected chi connectivity index (χ3v) is 4.77. The van der Waals surface area contributed by atoms with Crippen LogP contribution in [-0.2, 0) is 16.0 Å². The topological polar surface area (TPSA) is 87.6 Å². The number of morpholine rings is 1. The van der Waals surface area contributed by atoms with E-state index in [2.05, 4.69) is 10.3 Å². The fourth-order valence-corrected chi connectivity index (χ4v) is 3.36. The average Bonchev–Trinajstić information content (AvgIpc) is 3.38. The Labute approximate surface area is 156 Å². The number of rotatable bonds is 5. The Bertz CT molecular complexity index is 926. The number of hydrogen-bond donors (Lipinski definition) is 2. The first-order chi connectivity index (χ1) is 13.2. The van der Waals surface area contributed by atoms with Gasteiger partial charge in [-0.1, -0.05) is 18.2 Å². The summed E-state index contributed by atoms with van der Waals surface area (Å²) in [5.74, 6) is -0.316. The predicted molar refractivity (Wildman–Crippen MR) is 99.4 cm³/mol. The van der Waals surface area contributed by atoms with E-state index in [0.717, 1.165) is 16.5 Å². The number of furan rings is 1. The molecule has 1 aromatic carbocycles. The van der Waals surface area contributed by atoms with Crippen LogP contribution in [0.5, 0.6) is 0 Å². The third-order valence-electron chi connectivity index (χ3n) is 4.77. The lowest BCUT2D eigenvalue weighted by Crippen LogP contribution is -2.52. The van der Waals surface area contributed by atoms with Crippen LogP contribution in [0.3, 0.4) is 0 Å². The molecule has 1 fully saturated rings. The van der Waals surface area contributed by atoms with Gasteiger partial charge in [-0.25, -0.2) is 0 Å². The van der Waals surface area contributed by atoms with Crippen molar-refractivity contribution in [2.45, 2.75) is 12.5 Å². The molecular formula is C20H21N3O4. The van der Waals surface area contributed by atoms with E-state index < -0.39 is 11.9 Å². The van der Waals surface area contributed by atoms with Crippen molar-refractivity contribution in [3.8, 4) is 0 Å². The molecule has 0 spiro atoms. The number of para-hydroxylation sites is 1. The van der Waals surface area contributed by atoms with E-state index in [0.29, 0.717) is 32.7 Å². The van der Waals surface area contributed by atoms with Gasteiger partial charge in [-0.05, 0) is 23.8 Å². The number of H-pyrrole nitrogens is 1. The van der Waals surface area contributed by atoms with E-state index >= 15 is 0 Å². The smallest absolute Gasteiger partial charge is 0.287 e. The van der Waals surface area contributed by atoms with E-state index in [1.54, 1.807) is 17.0 Å². The highest BCUT2D eigenvalue weighted by atomic mass is 16.5. The Balaban J connectivity index is 1.58. The Kier molecular flexibility index (Phi) is 4.93. The van der Waals surface area contributed by atoms with Gasteiger partial charge in [-0.3, -0.25) is 9.59 Å². The van der Waals surface area contributed by atoms with Gasteiger partial charge in [0.25, 0.3) is 5.91 Å². The minimum Gasteiger partial charge on any atom is -0.459 e. The molecule has 0 bridgehead atoms. The summed E-state index contributed by atoms with van der Waals surface area (Å²) in [5, 5.41) is 3.89. The standard InChI is InChI=1S/C20H21N3O4/c24-19(18-6-3-9-27-18)22-17(20(25)23-7-10-26-11-8-23)12-14-13-21-16-5-2-1-4-15(14)16/h1-6,9,13,17,21H,7-8,10-12H2,(H,22,24)/t17-/m0/s1. The SMILES string of the molecule is O=C(N[C@@H](Cc1c[nH]c2ccccc12)C(=O)N1CCOCC1)c1ccco1. The van der Waals surface area contributed by atoms with Gasteiger partial charge in [0.15, 0.2) is 5.76 Å². The van der Waals surface area contributed by atoms with Crippen LogP contribution in [0.15, 0.2) is 53.3 Å². The zero-order chi connectivity index (χ0) is 18.6. The number of carbonyl (C=O) groups excluding carboxylic acids is 2. The molecule has 3 aromatic rings. The van der Waals surface area contributed by atoms with E-state index in [-0.39, 0.29) is 11.7 Å². The highest BCUT2D eigenvalue weighted by molar-refractivity contribution is 5.96. The number of carbonyl (C=O) groups is 2. The fraction of sp³-hybridized carbons (Fsp3) is 0.300. The van der Waals surface area contributed by atoms with Crippen LogP contribution in [0.2, 0.25) is 0 Å². The Morgan fingerprint density at radius 3 is 2.74 bits per heavy atom. The molecule has 7 nitrogen and oxygen atoms in total. The molecule has 2 aromatic heterocycles. The van der Waals surface area contributed by atoms with Crippen molar-refractivity contribution in [2.75, 3.05) is 26.3 Å². The van der Waals surface area contributed by atoms with E-state index in [9.17, 15) is 9.59 Å². The largest absolute Gasteiger partial charge is 0.459 e. The van der Waals surface area contributed by atoms with Crippen LogP contribution in [0.25, 0.3) is 10.9 Å². The molecule has 1 aliphatic rings. The molecular weight excluding hydrogens is 346 g/mol. The van der Waals surface area contributed by atoms with Crippen molar-refractivity contribution in [3.63, 3.8) is 0 Å². The summed E-state index contributed by atoms with van der Waals surface area (Å²) in [5.41, 5.74) is 1.99. The first-order valence-corrected chi connectivity index (χ1v) is 8.98. The van der Waals surface area contributed by atoms with E-state index in [4.69, 9.17) is 9.15 Å². The quantitative estimate of drug-likeness (QED) is 0.722. The maximum atomic E-state index is 13.1. The van der Waals surface area contributed by atoms with Gasteiger partial charge in [-0.15, -0.1) is 0 Å². The van der Waals surface area contributed by atoms with Crippen LogP contribution in [0.4, 0.5) is 0 Å². The van der Waals surface area contributed by atoms with Crippen molar-refractivity contribution >= 4 is 22.7 Å². The van der Waals surface area contributed by atoms with Gasteiger partial charge in [0.2, 0.25) is 5.91 Å². The number of fused-ring (bicyclic) bond motifs is 1. The molecule has 27 heavy (non-hydrogen) atoms. The lowest BCUT2D eigenvalue weighted by atomic mass is 10.0. The molecule has 4 rings (SSSR count). The first kappa shape index (κ1) is 17.4. The first-order valence-electron chi connectivity index (χ1n) is 8.98. The van der Waals surface area contributed by atoms with E-state index in [1.165, 1.54) is 6.26 Å².